The highest BCUT2D eigenvalue weighted by Crippen LogP contribution is 2.37. The fourth-order valence-electron chi connectivity index (χ4n) is 2.38. The average Bonchev–Trinajstić information content (AvgIpc) is 2.44. The fraction of sp³-hybridized carbons (Fsp3) is 0.600. The predicted octanol–water partition coefficient (Wildman–Crippen LogP) is 3.05. The molecule has 19 heavy (non-hydrogen) atoms. The third-order valence-electron chi connectivity index (χ3n) is 4.58. The number of hydrogen-bond donors (Lipinski definition) is 0. The lowest BCUT2D eigenvalue weighted by Gasteiger charge is -2.32. The maximum Gasteiger partial charge on any atom is 0.495 e. The topological polar surface area (TPSA) is 18.5 Å². The molecule has 2 rings (SSSR count). The molecule has 0 saturated carbocycles. The molecule has 0 aromatic heterocycles. The lowest BCUT2D eigenvalue weighted by molar-refractivity contribution is 0.00578. The van der Waals surface area contributed by atoms with Crippen LogP contribution in [0.3, 0.4) is 0 Å². The highest BCUT2D eigenvalue weighted by atomic mass is 19.1. The molecule has 0 bridgehead atoms. The fourth-order valence-corrected chi connectivity index (χ4v) is 2.38. The quantitative estimate of drug-likeness (QED) is 0.726. The van der Waals surface area contributed by atoms with E-state index in [-0.39, 0.29) is 17.0 Å². The van der Waals surface area contributed by atoms with Crippen LogP contribution in [0.4, 0.5) is 4.39 Å². The van der Waals surface area contributed by atoms with Gasteiger partial charge in [0.25, 0.3) is 0 Å². The summed E-state index contributed by atoms with van der Waals surface area (Å²) in [5.74, 6) is -0.171. The molecule has 104 valence electrons. The second-order valence-electron chi connectivity index (χ2n) is 6.43. The zero-order valence-electron chi connectivity index (χ0n) is 12.8. The largest absolute Gasteiger partial charge is 0.495 e. The lowest BCUT2D eigenvalue weighted by Crippen LogP contribution is -2.41. The standard InChI is InChI=1S/C15H22BFO2/c1-9-8-12(17)10(2)11(3)13(9)16-18-14(4,5)15(6,7)19-16/h8H,1-7H3. The predicted molar refractivity (Wildman–Crippen MR) is 76.3 cm³/mol. The zero-order chi connectivity index (χ0) is 14.6. The molecule has 1 aromatic carbocycles. The van der Waals surface area contributed by atoms with Crippen molar-refractivity contribution in [1.82, 2.24) is 0 Å². The Morgan fingerprint density at radius 1 is 0.947 bits per heavy atom. The summed E-state index contributed by atoms with van der Waals surface area (Å²) in [6.07, 6.45) is 0. The molecule has 2 nitrogen and oxygen atoms in total. The second-order valence-corrected chi connectivity index (χ2v) is 6.43. The van der Waals surface area contributed by atoms with Crippen LogP contribution in [0.15, 0.2) is 6.07 Å². The van der Waals surface area contributed by atoms with Gasteiger partial charge in [-0.15, -0.1) is 0 Å². The first-order chi connectivity index (χ1) is 8.57. The minimum absolute atomic E-state index is 0.171. The first-order valence-corrected chi connectivity index (χ1v) is 6.68. The third-order valence-corrected chi connectivity index (χ3v) is 4.58. The highest BCUT2D eigenvalue weighted by Gasteiger charge is 2.52. The van der Waals surface area contributed by atoms with Crippen LogP contribution in [-0.4, -0.2) is 18.3 Å². The number of hydrogen-bond acceptors (Lipinski definition) is 2. The Bertz CT molecular complexity index is 507. The molecule has 0 aliphatic carbocycles. The van der Waals surface area contributed by atoms with E-state index in [0.717, 1.165) is 16.6 Å². The summed E-state index contributed by atoms with van der Waals surface area (Å²) in [4.78, 5) is 0. The molecule has 1 fully saturated rings. The van der Waals surface area contributed by atoms with Gasteiger partial charge in [-0.05, 0) is 76.7 Å². The smallest absolute Gasteiger partial charge is 0.399 e. The average molecular weight is 264 g/mol. The molecule has 1 aromatic rings. The Balaban J connectivity index is 2.49. The summed E-state index contributed by atoms with van der Waals surface area (Å²) in [6, 6.07) is 1.56. The van der Waals surface area contributed by atoms with Gasteiger partial charge in [-0.1, -0.05) is 0 Å². The van der Waals surface area contributed by atoms with E-state index >= 15 is 0 Å². The molecule has 0 spiro atoms. The zero-order valence-corrected chi connectivity index (χ0v) is 12.8. The van der Waals surface area contributed by atoms with Gasteiger partial charge >= 0.3 is 7.12 Å². The van der Waals surface area contributed by atoms with Crippen molar-refractivity contribution in [3.63, 3.8) is 0 Å². The monoisotopic (exact) mass is 264 g/mol. The Morgan fingerprint density at radius 3 is 1.89 bits per heavy atom. The van der Waals surface area contributed by atoms with E-state index in [1.165, 1.54) is 0 Å². The summed E-state index contributed by atoms with van der Waals surface area (Å²) in [6.45, 7) is 13.7. The molecule has 1 aliphatic heterocycles. The van der Waals surface area contributed by atoms with E-state index in [1.807, 2.05) is 41.5 Å². The maximum absolute atomic E-state index is 13.7. The third kappa shape index (κ3) is 2.21. The molecular weight excluding hydrogens is 242 g/mol. The molecule has 4 heteroatoms. The van der Waals surface area contributed by atoms with E-state index in [4.69, 9.17) is 9.31 Å². The molecule has 1 saturated heterocycles. The lowest BCUT2D eigenvalue weighted by atomic mass is 9.72. The number of benzene rings is 1. The normalized spacial score (nSPS) is 20.9. The van der Waals surface area contributed by atoms with Gasteiger partial charge in [0.05, 0.1) is 11.2 Å². The molecule has 0 unspecified atom stereocenters. The van der Waals surface area contributed by atoms with Crippen LogP contribution in [0.1, 0.15) is 44.4 Å². The van der Waals surface area contributed by atoms with Crippen LogP contribution in [-0.2, 0) is 9.31 Å². The Kier molecular flexibility index (Phi) is 3.31. The SMILES string of the molecule is Cc1cc(F)c(C)c(C)c1B1OC(C)(C)C(C)(C)O1. The van der Waals surface area contributed by atoms with Gasteiger partial charge in [0, 0.05) is 0 Å². The number of aryl methyl sites for hydroxylation is 1. The van der Waals surface area contributed by atoms with Gasteiger partial charge in [0.2, 0.25) is 0 Å². The van der Waals surface area contributed by atoms with Gasteiger partial charge < -0.3 is 9.31 Å². The minimum atomic E-state index is -0.427. The van der Waals surface area contributed by atoms with Crippen molar-refractivity contribution in [2.45, 2.75) is 59.7 Å². The maximum atomic E-state index is 13.7. The summed E-state index contributed by atoms with van der Waals surface area (Å²) < 4.78 is 25.9. The van der Waals surface area contributed by atoms with Crippen LogP contribution in [0.2, 0.25) is 0 Å². The van der Waals surface area contributed by atoms with Crippen molar-refractivity contribution in [3.8, 4) is 0 Å². The van der Waals surface area contributed by atoms with Gasteiger partial charge in [-0.3, -0.25) is 0 Å². The molecule has 0 amide bonds. The Labute approximate surface area is 115 Å². The highest BCUT2D eigenvalue weighted by molar-refractivity contribution is 6.63. The Hall–Kier alpha value is -0.865. The van der Waals surface area contributed by atoms with Gasteiger partial charge in [0.15, 0.2) is 0 Å². The number of halogens is 1. The molecule has 0 atom stereocenters. The van der Waals surface area contributed by atoms with Gasteiger partial charge in [-0.2, -0.15) is 0 Å². The summed E-state index contributed by atoms with van der Waals surface area (Å²) in [5.41, 5.74) is 2.65. The number of rotatable bonds is 1. The van der Waals surface area contributed by atoms with Crippen molar-refractivity contribution in [2.24, 2.45) is 0 Å². The summed E-state index contributed by atoms with van der Waals surface area (Å²) in [5, 5.41) is 0. The van der Waals surface area contributed by atoms with Crippen LogP contribution in [0.25, 0.3) is 0 Å². The van der Waals surface area contributed by atoms with Gasteiger partial charge in [-0.25, -0.2) is 4.39 Å². The Morgan fingerprint density at radius 2 is 1.42 bits per heavy atom. The molecule has 1 aliphatic rings. The van der Waals surface area contributed by atoms with Crippen molar-refractivity contribution < 1.29 is 13.7 Å². The first kappa shape index (κ1) is 14.5. The van der Waals surface area contributed by atoms with Crippen molar-refractivity contribution in [2.75, 3.05) is 0 Å². The van der Waals surface area contributed by atoms with E-state index in [0.29, 0.717) is 5.56 Å². The van der Waals surface area contributed by atoms with Crippen molar-refractivity contribution >= 4 is 12.6 Å². The van der Waals surface area contributed by atoms with Crippen LogP contribution >= 0.6 is 0 Å². The van der Waals surface area contributed by atoms with Crippen LogP contribution in [0, 0.1) is 26.6 Å². The summed E-state index contributed by atoms with van der Waals surface area (Å²) >= 11 is 0. The first-order valence-electron chi connectivity index (χ1n) is 6.68. The molecular formula is C15H22BFO2. The van der Waals surface area contributed by atoms with Crippen LogP contribution < -0.4 is 5.46 Å². The van der Waals surface area contributed by atoms with E-state index in [1.54, 1.807) is 13.0 Å². The second kappa shape index (κ2) is 4.32. The molecule has 0 N–H and O–H groups in total. The minimum Gasteiger partial charge on any atom is -0.399 e. The van der Waals surface area contributed by atoms with Crippen molar-refractivity contribution in [3.05, 3.63) is 28.6 Å². The van der Waals surface area contributed by atoms with Crippen molar-refractivity contribution in [1.29, 1.82) is 0 Å². The van der Waals surface area contributed by atoms with Gasteiger partial charge in [0.1, 0.15) is 5.82 Å². The molecule has 1 heterocycles. The summed E-state index contributed by atoms with van der Waals surface area (Å²) in [7, 11) is -0.427. The van der Waals surface area contributed by atoms with Crippen LogP contribution in [0.5, 0.6) is 0 Å². The van der Waals surface area contributed by atoms with E-state index in [9.17, 15) is 4.39 Å². The van der Waals surface area contributed by atoms with E-state index in [2.05, 4.69) is 0 Å². The molecule has 0 radical (unpaired) electrons. The van der Waals surface area contributed by atoms with E-state index < -0.39 is 7.12 Å².